The molecule has 206 valence electrons. The molecule has 0 aliphatic heterocycles. The number of carboxylic acid groups (broad SMARTS) is 1. The predicted molar refractivity (Wildman–Crippen MR) is 148 cm³/mol. The zero-order valence-electron chi connectivity index (χ0n) is 22.7. The number of carbonyl (C=O) groups excluding carboxylic acids is 1. The Bertz CT molecular complexity index is 1040. The topological polar surface area (TPSA) is 95.9 Å². The average Bonchev–Trinajstić information content (AvgIpc) is 2.94. The Balaban J connectivity index is 1.48. The fourth-order valence-electron chi connectivity index (χ4n) is 6.72. The standard InChI is InChI=1S/C32H43NO5/c1-2-3-4-5-6-7-8-9-10-15-20-33-30(35)28-27-23-16-11-13-18-25(23)32(38-22-21-34,29(28)31(36)37)26-19-14-12-17-24(26)27/h11-14,16-19,27-29,34H,2-10,15,20-22H2,1H3,(H,33,35)(H,36,37). The lowest BCUT2D eigenvalue weighted by atomic mass is 9.51. The van der Waals surface area contributed by atoms with Crippen molar-refractivity contribution >= 4 is 11.9 Å². The third kappa shape index (κ3) is 5.52. The summed E-state index contributed by atoms with van der Waals surface area (Å²) in [5.74, 6) is -3.57. The molecule has 2 bridgehead atoms. The van der Waals surface area contributed by atoms with Crippen LogP contribution in [0.25, 0.3) is 0 Å². The van der Waals surface area contributed by atoms with Crippen LogP contribution in [0.15, 0.2) is 48.5 Å². The fourth-order valence-corrected chi connectivity index (χ4v) is 6.72. The lowest BCUT2D eigenvalue weighted by Crippen LogP contribution is -2.60. The SMILES string of the molecule is CCCCCCCCCCCCNC(=O)C1C2c3ccccc3C(OCCO)(c3ccccc32)C1C(=O)O. The van der Waals surface area contributed by atoms with Crippen LogP contribution in [-0.2, 0) is 19.9 Å². The van der Waals surface area contributed by atoms with E-state index in [4.69, 9.17) is 4.74 Å². The summed E-state index contributed by atoms with van der Waals surface area (Å²) in [6.45, 7) is 2.51. The van der Waals surface area contributed by atoms with Crippen molar-refractivity contribution in [3.05, 3.63) is 70.8 Å². The van der Waals surface area contributed by atoms with Crippen molar-refractivity contribution in [3.63, 3.8) is 0 Å². The summed E-state index contributed by atoms with van der Waals surface area (Å²) in [4.78, 5) is 26.6. The van der Waals surface area contributed by atoms with Gasteiger partial charge in [-0.15, -0.1) is 0 Å². The maximum absolute atomic E-state index is 13.7. The van der Waals surface area contributed by atoms with Crippen LogP contribution in [0.1, 0.15) is 99.3 Å². The zero-order chi connectivity index (χ0) is 27.0. The summed E-state index contributed by atoms with van der Waals surface area (Å²) in [5, 5.41) is 23.2. The number of carboxylic acids is 1. The van der Waals surface area contributed by atoms with Gasteiger partial charge in [0.1, 0.15) is 11.5 Å². The number of nitrogens with one attached hydrogen (secondary N) is 1. The molecule has 1 amide bonds. The summed E-state index contributed by atoms with van der Waals surface area (Å²) in [7, 11) is 0. The minimum Gasteiger partial charge on any atom is -0.481 e. The van der Waals surface area contributed by atoms with E-state index in [1.807, 2.05) is 48.5 Å². The van der Waals surface area contributed by atoms with Crippen LogP contribution in [0, 0.1) is 11.8 Å². The van der Waals surface area contributed by atoms with Crippen molar-refractivity contribution in [2.75, 3.05) is 19.8 Å². The number of aliphatic hydroxyl groups excluding tert-OH is 1. The number of benzene rings is 2. The summed E-state index contributed by atoms with van der Waals surface area (Å²) in [6.07, 6.45) is 12.2. The molecule has 0 saturated carbocycles. The highest BCUT2D eigenvalue weighted by molar-refractivity contribution is 5.90. The summed E-state index contributed by atoms with van der Waals surface area (Å²) >= 11 is 0. The Labute approximate surface area is 226 Å². The number of amides is 1. The maximum atomic E-state index is 13.7. The molecule has 2 aromatic rings. The van der Waals surface area contributed by atoms with Crippen molar-refractivity contribution in [1.82, 2.24) is 5.32 Å². The first-order chi connectivity index (χ1) is 18.6. The normalized spacial score (nSPS) is 23.1. The van der Waals surface area contributed by atoms with E-state index >= 15 is 0 Å². The van der Waals surface area contributed by atoms with E-state index in [0.29, 0.717) is 6.54 Å². The van der Waals surface area contributed by atoms with Crippen LogP contribution in [0.5, 0.6) is 0 Å². The van der Waals surface area contributed by atoms with E-state index in [1.54, 1.807) is 0 Å². The summed E-state index contributed by atoms with van der Waals surface area (Å²) in [5.41, 5.74) is 2.09. The highest BCUT2D eigenvalue weighted by Gasteiger charge is 2.64. The van der Waals surface area contributed by atoms with E-state index in [1.165, 1.54) is 44.9 Å². The van der Waals surface area contributed by atoms with Crippen LogP contribution in [-0.4, -0.2) is 41.8 Å². The molecule has 6 nitrogen and oxygen atoms in total. The molecule has 2 atom stereocenters. The molecule has 0 fully saturated rings. The van der Waals surface area contributed by atoms with Gasteiger partial charge in [-0.1, -0.05) is 113 Å². The first-order valence-electron chi connectivity index (χ1n) is 14.5. The fraction of sp³-hybridized carbons (Fsp3) is 0.562. The van der Waals surface area contributed by atoms with Crippen molar-refractivity contribution in [2.24, 2.45) is 11.8 Å². The van der Waals surface area contributed by atoms with Crippen LogP contribution in [0.4, 0.5) is 0 Å². The van der Waals surface area contributed by atoms with Gasteiger partial charge in [0.25, 0.3) is 0 Å². The first-order valence-corrected chi connectivity index (χ1v) is 14.5. The second-order valence-corrected chi connectivity index (χ2v) is 10.8. The van der Waals surface area contributed by atoms with Gasteiger partial charge in [0, 0.05) is 12.5 Å². The van der Waals surface area contributed by atoms with Gasteiger partial charge >= 0.3 is 5.97 Å². The number of hydrogen-bond acceptors (Lipinski definition) is 4. The average molecular weight is 522 g/mol. The highest BCUT2D eigenvalue weighted by atomic mass is 16.5. The maximum Gasteiger partial charge on any atom is 0.311 e. The Kier molecular flexibility index (Phi) is 9.97. The number of carbonyl (C=O) groups is 2. The number of rotatable bonds is 16. The molecule has 0 saturated heterocycles. The molecular weight excluding hydrogens is 478 g/mol. The number of unbranched alkanes of at least 4 members (excludes halogenated alkanes) is 9. The van der Waals surface area contributed by atoms with Gasteiger partial charge in [-0.05, 0) is 28.7 Å². The molecule has 2 aromatic carbocycles. The van der Waals surface area contributed by atoms with E-state index < -0.39 is 23.4 Å². The molecular formula is C32H43NO5. The van der Waals surface area contributed by atoms with E-state index in [0.717, 1.165) is 41.5 Å². The Morgan fingerprint density at radius 1 is 0.842 bits per heavy atom. The van der Waals surface area contributed by atoms with Crippen LogP contribution >= 0.6 is 0 Å². The molecule has 5 rings (SSSR count). The van der Waals surface area contributed by atoms with Crippen molar-refractivity contribution < 1.29 is 24.5 Å². The Morgan fingerprint density at radius 2 is 1.37 bits per heavy atom. The quantitative estimate of drug-likeness (QED) is 0.244. The van der Waals surface area contributed by atoms with Crippen LogP contribution < -0.4 is 5.32 Å². The largest absolute Gasteiger partial charge is 0.481 e. The van der Waals surface area contributed by atoms with E-state index in [2.05, 4.69) is 12.2 Å². The third-order valence-electron chi connectivity index (χ3n) is 8.37. The number of hydrogen-bond donors (Lipinski definition) is 3. The first kappa shape index (κ1) is 28.3. The van der Waals surface area contributed by atoms with Crippen molar-refractivity contribution in [3.8, 4) is 0 Å². The number of aliphatic hydroxyl groups is 1. The lowest BCUT2D eigenvalue weighted by Gasteiger charge is -2.55. The van der Waals surface area contributed by atoms with E-state index in [-0.39, 0.29) is 25.0 Å². The second kappa shape index (κ2) is 13.4. The molecule has 3 aliphatic carbocycles. The van der Waals surface area contributed by atoms with Crippen LogP contribution in [0.3, 0.4) is 0 Å². The monoisotopic (exact) mass is 521 g/mol. The van der Waals surface area contributed by atoms with Gasteiger partial charge in [0.15, 0.2) is 0 Å². The smallest absolute Gasteiger partial charge is 0.311 e. The molecule has 6 heteroatoms. The van der Waals surface area contributed by atoms with Gasteiger partial charge in [0.05, 0.1) is 19.1 Å². The molecule has 38 heavy (non-hydrogen) atoms. The van der Waals surface area contributed by atoms with Crippen LogP contribution in [0.2, 0.25) is 0 Å². The van der Waals surface area contributed by atoms with Gasteiger partial charge in [0.2, 0.25) is 5.91 Å². The molecule has 0 radical (unpaired) electrons. The summed E-state index contributed by atoms with van der Waals surface area (Å²) < 4.78 is 6.31. The minimum absolute atomic E-state index is 0.0238. The third-order valence-corrected chi connectivity index (χ3v) is 8.37. The molecule has 0 heterocycles. The van der Waals surface area contributed by atoms with Gasteiger partial charge in [-0.2, -0.15) is 0 Å². The van der Waals surface area contributed by atoms with Gasteiger partial charge in [-0.25, -0.2) is 0 Å². The van der Waals surface area contributed by atoms with Gasteiger partial charge < -0.3 is 20.3 Å². The molecule has 0 spiro atoms. The van der Waals surface area contributed by atoms with E-state index in [9.17, 15) is 19.8 Å². The molecule has 3 N–H and O–H groups in total. The van der Waals surface area contributed by atoms with Crippen molar-refractivity contribution in [2.45, 2.75) is 82.7 Å². The molecule has 3 aliphatic rings. The molecule has 2 unspecified atom stereocenters. The number of fused-ring (bicyclic) bond motifs is 1. The minimum atomic E-state index is -1.34. The Hall–Kier alpha value is -2.70. The number of ether oxygens (including phenoxy) is 1. The molecule has 0 aromatic heterocycles. The van der Waals surface area contributed by atoms with Gasteiger partial charge in [-0.3, -0.25) is 9.59 Å². The zero-order valence-corrected chi connectivity index (χ0v) is 22.7. The Morgan fingerprint density at radius 3 is 1.89 bits per heavy atom. The highest BCUT2D eigenvalue weighted by Crippen LogP contribution is 2.62. The lowest BCUT2D eigenvalue weighted by molar-refractivity contribution is -0.171. The van der Waals surface area contributed by atoms with Crippen molar-refractivity contribution in [1.29, 1.82) is 0 Å². The summed E-state index contributed by atoms with van der Waals surface area (Å²) in [6, 6.07) is 15.4. The number of aliphatic carboxylic acids is 1. The second-order valence-electron chi connectivity index (χ2n) is 10.8. The predicted octanol–water partition coefficient (Wildman–Crippen LogP) is 5.75.